The number of guanidine groups is 1. The van der Waals surface area contributed by atoms with Gasteiger partial charge in [-0.05, 0) is 51.0 Å². The summed E-state index contributed by atoms with van der Waals surface area (Å²) in [6, 6.07) is 14.4. The summed E-state index contributed by atoms with van der Waals surface area (Å²) in [6.45, 7) is 8.88. The maximum absolute atomic E-state index is 6.41. The van der Waals surface area contributed by atoms with Crippen LogP contribution in [0, 0.1) is 6.92 Å². The Morgan fingerprint density at radius 2 is 1.88 bits per heavy atom. The molecule has 5 heteroatoms. The fourth-order valence-corrected chi connectivity index (χ4v) is 3.45. The molecule has 2 aliphatic heterocycles. The third-order valence-corrected chi connectivity index (χ3v) is 4.59. The van der Waals surface area contributed by atoms with Gasteiger partial charge in [0.1, 0.15) is 12.4 Å². The highest BCUT2D eigenvalue weighted by atomic mass is 16.7. The summed E-state index contributed by atoms with van der Waals surface area (Å²) in [7, 11) is 1.88. The number of aliphatic imine (C=N–C) groups is 1. The Bertz CT molecular complexity index is 885. The lowest BCUT2D eigenvalue weighted by molar-refractivity contribution is -0.153. The largest absolute Gasteiger partial charge is 0.488 e. The number of nitrogens with zero attached hydrogens (tertiary/aromatic N) is 2. The topological polar surface area (TPSA) is 46.1 Å². The van der Waals surface area contributed by atoms with Crippen LogP contribution < -0.4 is 10.1 Å². The monoisotopic (exact) mass is 351 g/mol. The van der Waals surface area contributed by atoms with Crippen LogP contribution in [0.5, 0.6) is 5.75 Å². The summed E-state index contributed by atoms with van der Waals surface area (Å²) >= 11 is 0. The number of benzene rings is 2. The van der Waals surface area contributed by atoms with Gasteiger partial charge in [0.15, 0.2) is 0 Å². The zero-order valence-corrected chi connectivity index (χ0v) is 16.0. The average Bonchev–Trinajstić information content (AvgIpc) is 2.81. The lowest BCUT2D eigenvalue weighted by atomic mass is 9.91. The van der Waals surface area contributed by atoms with Crippen LogP contribution >= 0.6 is 0 Å². The molecule has 0 radical (unpaired) electrons. The summed E-state index contributed by atoms with van der Waals surface area (Å²) in [5.74, 6) is 1.52. The van der Waals surface area contributed by atoms with Gasteiger partial charge in [0.2, 0.25) is 11.7 Å². The second-order valence-electron chi connectivity index (χ2n) is 7.99. The van der Waals surface area contributed by atoms with Crippen LogP contribution in [0.4, 0.5) is 0 Å². The van der Waals surface area contributed by atoms with Gasteiger partial charge in [-0.2, -0.15) is 0 Å². The van der Waals surface area contributed by atoms with Crippen LogP contribution in [0.1, 0.15) is 43.0 Å². The highest BCUT2D eigenvalue weighted by molar-refractivity contribution is 5.82. The molecule has 1 N–H and O–H groups in total. The van der Waals surface area contributed by atoms with Crippen LogP contribution in [0.25, 0.3) is 0 Å². The minimum Gasteiger partial charge on any atom is -0.488 e. The molecular weight excluding hydrogens is 326 g/mol. The number of ether oxygens (including phenoxy) is 1. The van der Waals surface area contributed by atoms with Crippen LogP contribution in [0.3, 0.4) is 0 Å². The van der Waals surface area contributed by atoms with Gasteiger partial charge in [-0.3, -0.25) is 0 Å². The summed E-state index contributed by atoms with van der Waals surface area (Å²) in [5.41, 5.74) is 3.09. The Morgan fingerprint density at radius 3 is 2.65 bits per heavy atom. The Balaban J connectivity index is 1.95. The Hall–Kier alpha value is -2.53. The van der Waals surface area contributed by atoms with Crippen molar-refractivity contribution in [2.45, 2.75) is 45.6 Å². The van der Waals surface area contributed by atoms with Gasteiger partial charge in [0.25, 0.3) is 0 Å². The van der Waals surface area contributed by atoms with Crippen LogP contribution in [0.2, 0.25) is 0 Å². The molecule has 2 aromatic rings. The Kier molecular flexibility index (Phi) is 3.74. The molecule has 2 heterocycles. The average molecular weight is 351 g/mol. The second kappa shape index (κ2) is 5.74. The first kappa shape index (κ1) is 16.9. The van der Waals surface area contributed by atoms with Gasteiger partial charge in [-0.25, -0.2) is 14.9 Å². The Labute approximate surface area is 154 Å². The summed E-state index contributed by atoms with van der Waals surface area (Å²) in [5, 5.41) is 5.16. The van der Waals surface area contributed by atoms with E-state index in [1.54, 1.807) is 5.06 Å². The van der Waals surface area contributed by atoms with Crippen molar-refractivity contribution in [2.24, 2.45) is 4.99 Å². The first-order valence-electron chi connectivity index (χ1n) is 8.92. The minimum atomic E-state index is -0.946. The SMILES string of the molecule is Cc1ccc2c(c1)OCc1ccccc1C21N=C(NC(C)(C)C)N(C)O1. The molecule has 4 rings (SSSR count). The molecule has 2 aliphatic rings. The standard InChI is InChI=1S/C21H25N3O2/c1-14-10-11-17-18(12-14)25-13-15-8-6-7-9-16(15)21(17)23-19(24(5)26-21)22-20(2,3)4/h6-12H,13H2,1-5H3,(H,22,23). The van der Waals surface area contributed by atoms with E-state index in [1.807, 2.05) is 19.2 Å². The van der Waals surface area contributed by atoms with E-state index in [4.69, 9.17) is 14.6 Å². The lowest BCUT2D eigenvalue weighted by Gasteiger charge is -2.28. The first-order chi connectivity index (χ1) is 12.3. The highest BCUT2D eigenvalue weighted by Gasteiger charge is 2.48. The molecule has 0 saturated carbocycles. The molecule has 0 amide bonds. The third-order valence-electron chi connectivity index (χ3n) is 4.59. The summed E-state index contributed by atoms with van der Waals surface area (Å²) in [4.78, 5) is 11.5. The van der Waals surface area contributed by atoms with E-state index in [9.17, 15) is 0 Å². The van der Waals surface area contributed by atoms with Gasteiger partial charge >= 0.3 is 0 Å². The van der Waals surface area contributed by atoms with Crippen molar-refractivity contribution in [1.29, 1.82) is 0 Å². The normalized spacial score (nSPS) is 21.6. The van der Waals surface area contributed by atoms with E-state index in [0.29, 0.717) is 12.6 Å². The van der Waals surface area contributed by atoms with Gasteiger partial charge in [0, 0.05) is 18.2 Å². The quantitative estimate of drug-likeness (QED) is 0.786. The molecule has 1 atom stereocenters. The number of nitrogens with one attached hydrogen (secondary N) is 1. The number of hydrogen-bond donors (Lipinski definition) is 1. The number of hydroxylamine groups is 2. The molecule has 5 nitrogen and oxygen atoms in total. The lowest BCUT2D eigenvalue weighted by Crippen LogP contribution is -2.46. The number of hydrogen-bond acceptors (Lipinski definition) is 5. The third kappa shape index (κ3) is 2.72. The van der Waals surface area contributed by atoms with Crippen molar-refractivity contribution in [2.75, 3.05) is 7.05 Å². The van der Waals surface area contributed by atoms with E-state index in [0.717, 1.165) is 28.0 Å². The molecule has 136 valence electrons. The van der Waals surface area contributed by atoms with Gasteiger partial charge < -0.3 is 10.1 Å². The van der Waals surface area contributed by atoms with Crippen LogP contribution in [-0.2, 0) is 17.2 Å². The van der Waals surface area contributed by atoms with Crippen LogP contribution in [-0.4, -0.2) is 23.6 Å². The Morgan fingerprint density at radius 1 is 1.12 bits per heavy atom. The van der Waals surface area contributed by atoms with Crippen LogP contribution in [0.15, 0.2) is 47.5 Å². The fraction of sp³-hybridized carbons (Fsp3) is 0.381. The summed E-state index contributed by atoms with van der Waals surface area (Å²) in [6.07, 6.45) is 0. The molecule has 1 unspecified atom stereocenters. The summed E-state index contributed by atoms with van der Waals surface area (Å²) < 4.78 is 6.13. The molecule has 0 fully saturated rings. The van der Waals surface area contributed by atoms with E-state index >= 15 is 0 Å². The molecule has 0 aromatic heterocycles. The molecule has 0 saturated heterocycles. The van der Waals surface area contributed by atoms with Crippen molar-refractivity contribution >= 4 is 5.96 Å². The fourth-order valence-electron chi connectivity index (χ4n) is 3.45. The molecule has 0 aliphatic carbocycles. The second-order valence-corrected chi connectivity index (χ2v) is 7.99. The van der Waals surface area contributed by atoms with E-state index < -0.39 is 5.72 Å². The van der Waals surface area contributed by atoms with E-state index in [2.05, 4.69) is 63.3 Å². The zero-order chi connectivity index (χ0) is 18.5. The maximum Gasteiger partial charge on any atom is 0.243 e. The number of aryl methyl sites for hydroxylation is 1. The van der Waals surface area contributed by atoms with E-state index in [-0.39, 0.29) is 5.54 Å². The molecule has 0 bridgehead atoms. The van der Waals surface area contributed by atoms with E-state index in [1.165, 1.54) is 0 Å². The van der Waals surface area contributed by atoms with Crippen molar-refractivity contribution < 1.29 is 9.57 Å². The van der Waals surface area contributed by atoms with Crippen molar-refractivity contribution in [3.8, 4) is 5.75 Å². The minimum absolute atomic E-state index is 0.126. The highest BCUT2D eigenvalue weighted by Crippen LogP contribution is 2.47. The first-order valence-corrected chi connectivity index (χ1v) is 8.92. The maximum atomic E-state index is 6.41. The number of fused-ring (bicyclic) bond motifs is 4. The zero-order valence-electron chi connectivity index (χ0n) is 16.0. The van der Waals surface area contributed by atoms with Gasteiger partial charge in [-0.1, -0.05) is 30.3 Å². The smallest absolute Gasteiger partial charge is 0.243 e. The predicted octanol–water partition coefficient (Wildman–Crippen LogP) is 3.71. The van der Waals surface area contributed by atoms with Crippen molar-refractivity contribution in [1.82, 2.24) is 10.4 Å². The van der Waals surface area contributed by atoms with Crippen molar-refractivity contribution in [3.63, 3.8) is 0 Å². The van der Waals surface area contributed by atoms with Crippen molar-refractivity contribution in [3.05, 3.63) is 64.7 Å². The molecule has 1 spiro atoms. The number of rotatable bonds is 0. The molecule has 26 heavy (non-hydrogen) atoms. The predicted molar refractivity (Wildman–Crippen MR) is 102 cm³/mol. The molecule has 2 aromatic carbocycles. The van der Waals surface area contributed by atoms with Gasteiger partial charge in [-0.15, -0.1) is 0 Å². The molecular formula is C21H25N3O2. The van der Waals surface area contributed by atoms with Gasteiger partial charge in [0.05, 0.1) is 5.56 Å².